The molecule has 0 aliphatic heterocycles. The molecule has 0 aliphatic carbocycles. The fraction of sp³-hybridized carbons (Fsp3) is 0. The summed E-state index contributed by atoms with van der Waals surface area (Å²) in [5.74, 6) is 0. The van der Waals surface area contributed by atoms with E-state index in [2.05, 4.69) is 0 Å². The van der Waals surface area contributed by atoms with Crippen LogP contribution in [-0.4, -0.2) is 24.4 Å². The first kappa shape index (κ1) is 580. The van der Waals surface area contributed by atoms with Crippen LogP contribution in [0.2, 0.25) is 0 Å². The topological polar surface area (TPSA) is 0 Å². The quantitative estimate of drug-likeness (QED) is 0.316. The Bertz CT molecular complexity index is 13.0. The van der Waals surface area contributed by atoms with Crippen LogP contribution in [-0.2, 0) is 0 Å². The summed E-state index contributed by atoms with van der Waals surface area (Å²) in [5, 5.41) is 0. The van der Waals surface area contributed by atoms with Crippen LogP contribution in [0.1, 0.15) is 1.43 Å². The first-order valence-electron chi connectivity index (χ1n) is 0. The number of rotatable bonds is 0. The molecule has 0 amide bonds. The van der Waals surface area contributed by atoms with E-state index in [9.17, 15) is 0 Å². The standard InChI is InChI=1S/6FH.Li.Sb.4H/h6*1H;;;;;;/q;;;;;;+1;;;;;-1. The second-order valence-corrected chi connectivity index (χ2v) is 0. The molecule has 0 fully saturated rings. The van der Waals surface area contributed by atoms with Gasteiger partial charge in [-0.25, -0.2) is 0 Å². The van der Waals surface area contributed by atoms with E-state index in [1.54, 1.807) is 0 Å². The van der Waals surface area contributed by atoms with Gasteiger partial charge in [0, 0.05) is 0 Å². The second-order valence-electron chi connectivity index (χ2n) is 0. The molecule has 0 saturated carbocycles. The molecule has 0 atom stereocenters. The Hall–Kier alpha value is 0.996. The normalized spacial score (nSPS) is 0. The monoisotopic (exact) mass is 252 g/mol. The summed E-state index contributed by atoms with van der Waals surface area (Å²) in [6.45, 7) is 0. The van der Waals surface area contributed by atoms with Crippen LogP contribution in [0.15, 0.2) is 0 Å². The molecule has 8 heteroatoms. The van der Waals surface area contributed by atoms with Crippen LogP contribution in [0.4, 0.5) is 28.2 Å². The summed E-state index contributed by atoms with van der Waals surface area (Å²) < 4.78 is 0. The van der Waals surface area contributed by atoms with Crippen LogP contribution in [0.25, 0.3) is 0 Å². The zero-order valence-corrected chi connectivity index (χ0v) is 8.19. The molecule has 0 aliphatic rings. The van der Waals surface area contributed by atoms with E-state index >= 15 is 0 Å². The summed E-state index contributed by atoms with van der Waals surface area (Å²) in [6, 6.07) is 0. The molecule has 0 heterocycles. The Kier molecular flexibility index (Phi) is 28600. The maximum atomic E-state index is 0. The molecule has 0 unspecified atom stereocenters. The van der Waals surface area contributed by atoms with Gasteiger partial charge >= 0.3 is 43.3 Å². The molecule has 0 spiro atoms. The maximum absolute atomic E-state index is 0. The van der Waals surface area contributed by atoms with E-state index in [1.165, 1.54) is 0 Å². The van der Waals surface area contributed by atoms with Gasteiger partial charge in [0.15, 0.2) is 0 Å². The first-order valence-corrected chi connectivity index (χ1v) is 0. The number of hydrogen-bond donors (Lipinski definition) is 0. The summed E-state index contributed by atoms with van der Waals surface area (Å²) in [6.07, 6.45) is 0. The molecule has 58 valence electrons. The van der Waals surface area contributed by atoms with Crippen molar-refractivity contribution in [1.29, 1.82) is 0 Å². The SMILES string of the molecule is F.F.F.F.F.F.[H-].[Li+].[SbH3]. The third kappa shape index (κ3) is 254. The summed E-state index contributed by atoms with van der Waals surface area (Å²) in [5.41, 5.74) is 0. The van der Waals surface area contributed by atoms with Gasteiger partial charge in [0.25, 0.3) is 0 Å². The van der Waals surface area contributed by atoms with Crippen molar-refractivity contribution in [3.63, 3.8) is 0 Å². The molecule has 0 rings (SSSR count). The van der Waals surface area contributed by atoms with E-state index in [1.807, 2.05) is 0 Å². The molecule has 0 radical (unpaired) electrons. The molecule has 8 heavy (non-hydrogen) atoms. The third-order valence-corrected chi connectivity index (χ3v) is 0. The van der Waals surface area contributed by atoms with Crippen molar-refractivity contribution in [2.75, 3.05) is 0 Å². The number of hydrogen-bond acceptors (Lipinski definition) is 0. The van der Waals surface area contributed by atoms with Crippen LogP contribution < -0.4 is 18.9 Å². The molecule has 0 N–H and O–H groups in total. The Morgan fingerprint density at radius 1 is 0.500 bits per heavy atom. The van der Waals surface area contributed by atoms with E-state index in [0.717, 1.165) is 0 Å². The van der Waals surface area contributed by atoms with Crippen molar-refractivity contribution in [3.8, 4) is 0 Å². The number of halogens is 6. The van der Waals surface area contributed by atoms with Gasteiger partial charge in [-0.2, -0.15) is 0 Å². The van der Waals surface area contributed by atoms with Crippen LogP contribution in [0.3, 0.4) is 0 Å². The Labute approximate surface area is 73.1 Å². The minimum atomic E-state index is 0. The second kappa shape index (κ2) is 395. The Morgan fingerprint density at radius 2 is 0.500 bits per heavy atom. The molecule has 0 aromatic rings. The average molecular weight is 253 g/mol. The van der Waals surface area contributed by atoms with Crippen molar-refractivity contribution in [2.45, 2.75) is 0 Å². The van der Waals surface area contributed by atoms with Gasteiger partial charge < -0.3 is 1.43 Å². The summed E-state index contributed by atoms with van der Waals surface area (Å²) in [7, 11) is 0. The molecule has 0 bridgehead atoms. The average Bonchev–Trinajstić information content (AvgIpc) is 0. The van der Waals surface area contributed by atoms with Crippen LogP contribution in [0.5, 0.6) is 0 Å². The van der Waals surface area contributed by atoms with Gasteiger partial charge in [-0.05, 0) is 0 Å². The van der Waals surface area contributed by atoms with Crippen molar-refractivity contribution in [3.05, 3.63) is 0 Å². The molecule has 0 aromatic carbocycles. The van der Waals surface area contributed by atoms with E-state index in [-0.39, 0.29) is 72.9 Å². The van der Waals surface area contributed by atoms with Gasteiger partial charge in [0.05, 0.1) is 0 Å². The summed E-state index contributed by atoms with van der Waals surface area (Å²) >= 11 is 0. The Balaban J connectivity index is 0. The van der Waals surface area contributed by atoms with Gasteiger partial charge in [0.1, 0.15) is 0 Å². The molecule has 0 nitrogen and oxygen atoms in total. The Morgan fingerprint density at radius 3 is 0.500 bits per heavy atom. The van der Waals surface area contributed by atoms with Crippen molar-refractivity contribution < 1.29 is 48.5 Å². The first-order chi connectivity index (χ1) is 0. The van der Waals surface area contributed by atoms with E-state index in [4.69, 9.17) is 0 Å². The minimum absolute atomic E-state index is 0. The van der Waals surface area contributed by atoms with Gasteiger partial charge in [-0.1, -0.05) is 0 Å². The fourth-order valence-corrected chi connectivity index (χ4v) is 0. The molecule has 0 aromatic heterocycles. The van der Waals surface area contributed by atoms with Crippen molar-refractivity contribution in [2.24, 2.45) is 0 Å². The predicted molar refractivity (Wildman–Crippen MR) is 26.1 cm³/mol. The van der Waals surface area contributed by atoms with Crippen molar-refractivity contribution in [1.82, 2.24) is 0 Å². The zero-order valence-electron chi connectivity index (χ0n) is 5.16. The van der Waals surface area contributed by atoms with Gasteiger partial charge in [-0.15, -0.1) is 0 Å². The van der Waals surface area contributed by atoms with E-state index in [0.29, 0.717) is 0 Å². The van der Waals surface area contributed by atoms with Crippen LogP contribution in [0, 0.1) is 0 Å². The fourth-order valence-electron chi connectivity index (χ4n) is 0. The molecular weight excluding hydrogens is 243 g/mol. The van der Waals surface area contributed by atoms with Crippen LogP contribution >= 0.6 is 0 Å². The van der Waals surface area contributed by atoms with E-state index < -0.39 is 0 Å². The van der Waals surface area contributed by atoms with Crippen molar-refractivity contribution >= 4 is 24.4 Å². The molecular formula is H10F6LiSb. The molecule has 0 saturated heterocycles. The van der Waals surface area contributed by atoms with Gasteiger partial charge in [-0.3, -0.25) is 28.2 Å². The predicted octanol–water partition coefficient (Wildman–Crippen LogP) is -3.15. The summed E-state index contributed by atoms with van der Waals surface area (Å²) in [4.78, 5) is 0. The zero-order chi connectivity index (χ0) is 0. The third-order valence-electron chi connectivity index (χ3n) is 0. The van der Waals surface area contributed by atoms with Gasteiger partial charge in [0.2, 0.25) is 0 Å².